The molecule has 2 heterocycles. The summed E-state index contributed by atoms with van der Waals surface area (Å²) in [4.78, 5) is 1.99. The van der Waals surface area contributed by atoms with Gasteiger partial charge >= 0.3 is 0 Å². The summed E-state index contributed by atoms with van der Waals surface area (Å²) in [5.74, 6) is 0. The lowest BCUT2D eigenvalue weighted by Gasteiger charge is -1.99. The van der Waals surface area contributed by atoms with Crippen LogP contribution in [-0.4, -0.2) is 0 Å². The zero-order valence-electron chi connectivity index (χ0n) is 12.8. The van der Waals surface area contributed by atoms with E-state index in [0.29, 0.717) is 10.4 Å². The van der Waals surface area contributed by atoms with Crippen LogP contribution >= 0.6 is 22.7 Å². The highest BCUT2D eigenvalue weighted by molar-refractivity contribution is 7.21. The van der Waals surface area contributed by atoms with Gasteiger partial charge in [-0.3, -0.25) is 0 Å². The fourth-order valence-electron chi connectivity index (χ4n) is 2.79. The van der Waals surface area contributed by atoms with Gasteiger partial charge in [-0.15, -0.1) is 22.7 Å². The lowest BCUT2D eigenvalue weighted by molar-refractivity contribution is 1.50. The second-order valence-electron chi connectivity index (χ2n) is 5.15. The van der Waals surface area contributed by atoms with Gasteiger partial charge < -0.3 is 0 Å². The normalized spacial score (nSPS) is 9.92. The fraction of sp³-hybridized carbons (Fsp3) is 0.111. The molecule has 0 aliphatic heterocycles. The minimum Gasteiger partial charge on any atom is -0.192 e. The number of rotatable bonds is 0. The Morgan fingerprint density at radius 1 is 0.708 bits per heavy atom. The number of nitrogens with zero attached hydrogens (tertiary/aromatic N) is 4. The molecule has 0 bridgehead atoms. The van der Waals surface area contributed by atoms with Crippen LogP contribution in [0, 0.1) is 59.2 Å². The first-order valence-corrected chi connectivity index (χ1v) is 8.50. The molecule has 0 saturated carbocycles. The van der Waals surface area contributed by atoms with E-state index < -0.39 is 0 Å². The van der Waals surface area contributed by atoms with E-state index in [1.165, 1.54) is 22.7 Å². The first-order valence-electron chi connectivity index (χ1n) is 6.87. The number of thiophene rings is 2. The Labute approximate surface area is 145 Å². The van der Waals surface area contributed by atoms with Crippen LogP contribution in [-0.2, 0) is 0 Å². The molecule has 1 aromatic carbocycles. The molecule has 0 N–H and O–H groups in total. The maximum absolute atomic E-state index is 9.37. The van der Waals surface area contributed by atoms with E-state index in [2.05, 4.69) is 0 Å². The number of benzene rings is 1. The standard InChI is InChI=1S/C18H8N4S2/c1-9-3-13-15(11(5-19)6-20)14-4-10(2)24-18(14)16(17(13)23-9)12(7-21)8-22/h3-4H,1-2H3. The van der Waals surface area contributed by atoms with Gasteiger partial charge in [0.05, 0.1) is 0 Å². The van der Waals surface area contributed by atoms with Crippen molar-refractivity contribution in [2.24, 2.45) is 0 Å². The molecule has 3 aromatic rings. The summed E-state index contributed by atoms with van der Waals surface area (Å²) < 4.78 is 1.55. The minimum absolute atomic E-state index is 0.0441. The van der Waals surface area contributed by atoms with Crippen molar-refractivity contribution in [3.05, 3.63) is 32.3 Å². The van der Waals surface area contributed by atoms with Gasteiger partial charge in [-0.25, -0.2) is 0 Å². The van der Waals surface area contributed by atoms with E-state index in [1.807, 2.05) is 50.3 Å². The molecule has 0 fully saturated rings. The number of hydrogen-bond donors (Lipinski definition) is 0. The van der Waals surface area contributed by atoms with Crippen molar-refractivity contribution in [1.82, 2.24) is 0 Å². The predicted molar refractivity (Wildman–Crippen MR) is 95.2 cm³/mol. The molecule has 2 aromatic heterocycles. The Morgan fingerprint density at radius 3 is 1.46 bits per heavy atom. The van der Waals surface area contributed by atoms with Gasteiger partial charge in [0.2, 0.25) is 0 Å². The zero-order chi connectivity index (χ0) is 17.4. The van der Waals surface area contributed by atoms with E-state index in [9.17, 15) is 21.0 Å². The molecule has 0 saturated heterocycles. The maximum Gasteiger partial charge on any atom is 0.139 e. The van der Waals surface area contributed by atoms with E-state index in [4.69, 9.17) is 0 Å². The monoisotopic (exact) mass is 344 g/mol. The Morgan fingerprint density at radius 2 is 1.08 bits per heavy atom. The van der Waals surface area contributed by atoms with E-state index >= 15 is 0 Å². The Bertz CT molecular complexity index is 1110. The molecule has 0 aliphatic rings. The Balaban J connectivity index is 2.93. The molecule has 4 nitrogen and oxygen atoms in total. The van der Waals surface area contributed by atoms with E-state index in [0.717, 1.165) is 29.9 Å². The summed E-state index contributed by atoms with van der Waals surface area (Å²) in [6, 6.07) is 11.7. The van der Waals surface area contributed by atoms with Gasteiger partial charge in [0.25, 0.3) is 0 Å². The van der Waals surface area contributed by atoms with Gasteiger partial charge in [-0.05, 0) is 26.0 Å². The number of aryl methyl sites for hydroxylation is 2. The molecule has 0 aliphatic carbocycles. The molecule has 24 heavy (non-hydrogen) atoms. The fourth-order valence-corrected chi connectivity index (χ4v) is 5.01. The molecule has 0 amide bonds. The lowest BCUT2D eigenvalue weighted by Crippen LogP contribution is -2.15. The van der Waals surface area contributed by atoms with Gasteiger partial charge in [0.15, 0.2) is 0 Å². The van der Waals surface area contributed by atoms with Gasteiger partial charge in [-0.2, -0.15) is 21.0 Å². The van der Waals surface area contributed by atoms with Gasteiger partial charge in [0, 0.05) is 40.4 Å². The van der Waals surface area contributed by atoms with Crippen molar-refractivity contribution in [2.45, 2.75) is 13.8 Å². The van der Waals surface area contributed by atoms with Gasteiger partial charge in [0.1, 0.15) is 35.4 Å². The van der Waals surface area contributed by atoms with Crippen molar-refractivity contribution in [3.8, 4) is 24.3 Å². The minimum atomic E-state index is 0.0441. The Kier molecular flexibility index (Phi) is 3.80. The molecule has 0 spiro atoms. The summed E-state index contributed by atoms with van der Waals surface area (Å²) >= 11 is 2.93. The van der Waals surface area contributed by atoms with Crippen molar-refractivity contribution >= 4 is 54.0 Å². The maximum atomic E-state index is 9.37. The highest BCUT2D eigenvalue weighted by Crippen LogP contribution is 2.28. The van der Waals surface area contributed by atoms with E-state index in [1.54, 1.807) is 0 Å². The summed E-state index contributed by atoms with van der Waals surface area (Å²) in [5, 5.41) is 40.2. The van der Waals surface area contributed by atoms with Crippen LogP contribution in [0.2, 0.25) is 0 Å². The van der Waals surface area contributed by atoms with Crippen LogP contribution in [0.25, 0.3) is 31.3 Å². The van der Waals surface area contributed by atoms with Crippen LogP contribution in [0.15, 0.2) is 12.1 Å². The predicted octanol–water partition coefficient (Wildman–Crippen LogP) is 3.13. The summed E-state index contributed by atoms with van der Waals surface area (Å²) in [6.45, 7) is 3.85. The molecule has 0 atom stereocenters. The van der Waals surface area contributed by atoms with Crippen LogP contribution in [0.5, 0.6) is 0 Å². The van der Waals surface area contributed by atoms with E-state index in [-0.39, 0.29) is 11.1 Å². The van der Waals surface area contributed by atoms with Crippen LogP contribution < -0.4 is 10.4 Å². The molecular weight excluding hydrogens is 336 g/mol. The Hall–Kier alpha value is -3.16. The molecule has 6 heteroatoms. The molecule has 0 unspecified atom stereocenters. The smallest absolute Gasteiger partial charge is 0.139 e. The van der Waals surface area contributed by atoms with Crippen molar-refractivity contribution in [1.29, 1.82) is 21.0 Å². The highest BCUT2D eigenvalue weighted by atomic mass is 32.1. The molecule has 3 rings (SSSR count). The summed E-state index contributed by atoms with van der Waals surface area (Å²) in [6.07, 6.45) is 0. The second-order valence-corrected chi connectivity index (χ2v) is 7.66. The van der Waals surface area contributed by atoms with Crippen molar-refractivity contribution in [2.75, 3.05) is 0 Å². The lowest BCUT2D eigenvalue weighted by atomic mass is 10.0. The third-order valence-corrected chi connectivity index (χ3v) is 5.79. The quantitative estimate of drug-likeness (QED) is 0.626. The number of fused-ring (bicyclic) bond motifs is 2. The zero-order valence-corrected chi connectivity index (χ0v) is 14.4. The third-order valence-electron chi connectivity index (χ3n) is 3.65. The molecular formula is C18H8N4S2. The van der Waals surface area contributed by atoms with Crippen LogP contribution in [0.1, 0.15) is 9.75 Å². The molecule has 0 radical (unpaired) electrons. The van der Waals surface area contributed by atoms with Crippen molar-refractivity contribution < 1.29 is 0 Å². The molecule has 112 valence electrons. The first-order chi connectivity index (χ1) is 11.5. The van der Waals surface area contributed by atoms with Gasteiger partial charge in [-0.1, -0.05) is 0 Å². The third kappa shape index (κ3) is 2.15. The van der Waals surface area contributed by atoms with Crippen LogP contribution in [0.4, 0.5) is 0 Å². The topological polar surface area (TPSA) is 95.2 Å². The number of hydrogen-bond acceptors (Lipinski definition) is 6. The SMILES string of the molecule is Cc1cc2c(=C(C#N)C#N)c3cc(C)sc3c(=C(C#N)C#N)c2s1. The highest BCUT2D eigenvalue weighted by Gasteiger charge is 2.16. The average Bonchev–Trinajstić information content (AvgIpc) is 3.12. The summed E-state index contributed by atoms with van der Waals surface area (Å²) in [7, 11) is 0. The largest absolute Gasteiger partial charge is 0.192 e. The van der Waals surface area contributed by atoms with Crippen molar-refractivity contribution in [3.63, 3.8) is 0 Å². The summed E-state index contributed by atoms with van der Waals surface area (Å²) in [5.41, 5.74) is 0.0957. The second kappa shape index (κ2) is 5.80. The average molecular weight is 344 g/mol. The number of nitriles is 4. The van der Waals surface area contributed by atoms with Crippen LogP contribution in [0.3, 0.4) is 0 Å². The first kappa shape index (κ1) is 15.7.